The number of benzene rings is 3. The Labute approximate surface area is 199 Å². The minimum atomic E-state index is -0.235. The van der Waals surface area contributed by atoms with Gasteiger partial charge in [0.1, 0.15) is 17.2 Å². The number of carbonyl (C=O) groups excluding carboxylic acids is 1. The van der Waals surface area contributed by atoms with E-state index in [1.807, 2.05) is 53.4 Å². The average Bonchev–Trinajstić information content (AvgIpc) is 3.42. The average molecular weight is 454 g/mol. The van der Waals surface area contributed by atoms with Crippen LogP contribution in [0.3, 0.4) is 0 Å². The topological polar surface area (TPSA) is 67.5 Å². The molecule has 6 heteroatoms. The third-order valence-electron chi connectivity index (χ3n) is 6.42. The van der Waals surface area contributed by atoms with Gasteiger partial charge in [-0.15, -0.1) is 0 Å². The number of hydrogen-bond acceptors (Lipinski definition) is 4. The number of fused-ring (bicyclic) bond motifs is 1. The van der Waals surface area contributed by atoms with Crippen molar-refractivity contribution >= 4 is 5.91 Å². The molecular weight excluding hydrogens is 426 g/mol. The Kier molecular flexibility index (Phi) is 5.80. The van der Waals surface area contributed by atoms with E-state index < -0.39 is 0 Å². The van der Waals surface area contributed by atoms with Crippen molar-refractivity contribution in [3.8, 4) is 22.8 Å². The summed E-state index contributed by atoms with van der Waals surface area (Å²) in [6, 6.07) is 23.9. The highest BCUT2D eigenvalue weighted by Crippen LogP contribution is 2.43. The predicted molar refractivity (Wildman–Crippen MR) is 131 cm³/mol. The molecule has 1 aliphatic heterocycles. The SMILES string of the molecule is COc1ccc(CCN2C(=O)c3[nH]nc(-c4ccc(C)cc4)c3C2c2ccc(OC)cc2)cc1. The fourth-order valence-electron chi connectivity index (χ4n) is 4.53. The van der Waals surface area contributed by atoms with Crippen molar-refractivity contribution in [2.75, 3.05) is 20.8 Å². The third-order valence-corrected chi connectivity index (χ3v) is 6.42. The summed E-state index contributed by atoms with van der Waals surface area (Å²) < 4.78 is 10.6. The highest BCUT2D eigenvalue weighted by Gasteiger charge is 2.41. The van der Waals surface area contributed by atoms with Crippen molar-refractivity contribution in [2.45, 2.75) is 19.4 Å². The Bertz CT molecular complexity index is 1290. The molecule has 1 unspecified atom stereocenters. The highest BCUT2D eigenvalue weighted by molar-refractivity contribution is 6.00. The van der Waals surface area contributed by atoms with Gasteiger partial charge in [0.25, 0.3) is 5.91 Å². The van der Waals surface area contributed by atoms with E-state index >= 15 is 0 Å². The molecule has 1 atom stereocenters. The van der Waals surface area contributed by atoms with Crippen molar-refractivity contribution in [1.29, 1.82) is 0 Å². The van der Waals surface area contributed by atoms with Crippen LogP contribution in [0.5, 0.6) is 11.5 Å². The summed E-state index contributed by atoms with van der Waals surface area (Å²) >= 11 is 0. The number of methoxy groups -OCH3 is 2. The predicted octanol–water partition coefficient (Wildman–Crippen LogP) is 5.19. The van der Waals surface area contributed by atoms with E-state index in [-0.39, 0.29) is 11.9 Å². The second-order valence-electron chi connectivity index (χ2n) is 8.50. The monoisotopic (exact) mass is 453 g/mol. The van der Waals surface area contributed by atoms with Crippen LogP contribution in [0.4, 0.5) is 0 Å². The summed E-state index contributed by atoms with van der Waals surface area (Å²) in [7, 11) is 3.31. The lowest BCUT2D eigenvalue weighted by Gasteiger charge is -2.26. The zero-order valence-electron chi connectivity index (χ0n) is 19.5. The summed E-state index contributed by atoms with van der Waals surface area (Å²) in [5.74, 6) is 1.57. The van der Waals surface area contributed by atoms with Crippen molar-refractivity contribution in [2.24, 2.45) is 0 Å². The molecule has 172 valence electrons. The van der Waals surface area contributed by atoms with Gasteiger partial charge in [0, 0.05) is 17.7 Å². The zero-order valence-corrected chi connectivity index (χ0v) is 19.5. The fraction of sp³-hybridized carbons (Fsp3) is 0.214. The number of aryl methyl sites for hydroxylation is 1. The highest BCUT2D eigenvalue weighted by atomic mass is 16.5. The largest absolute Gasteiger partial charge is 0.497 e. The first-order valence-corrected chi connectivity index (χ1v) is 11.3. The van der Waals surface area contributed by atoms with Crippen molar-refractivity contribution in [1.82, 2.24) is 15.1 Å². The van der Waals surface area contributed by atoms with Crippen molar-refractivity contribution in [3.05, 3.63) is 101 Å². The van der Waals surface area contributed by atoms with Gasteiger partial charge < -0.3 is 14.4 Å². The molecule has 1 aliphatic rings. The minimum absolute atomic E-state index is 0.0322. The van der Waals surface area contributed by atoms with Gasteiger partial charge in [-0.1, -0.05) is 54.1 Å². The summed E-state index contributed by atoms with van der Waals surface area (Å²) in [6.45, 7) is 2.64. The smallest absolute Gasteiger partial charge is 0.273 e. The molecule has 3 aromatic carbocycles. The van der Waals surface area contributed by atoms with Gasteiger partial charge in [0.05, 0.1) is 26.0 Å². The molecule has 0 aliphatic carbocycles. The number of carbonyl (C=O) groups is 1. The van der Waals surface area contributed by atoms with Crippen molar-refractivity contribution in [3.63, 3.8) is 0 Å². The molecule has 34 heavy (non-hydrogen) atoms. The fourth-order valence-corrected chi connectivity index (χ4v) is 4.53. The molecule has 4 aromatic rings. The van der Waals surface area contributed by atoms with E-state index in [0.717, 1.165) is 45.9 Å². The molecule has 2 heterocycles. The Balaban J connectivity index is 1.53. The maximum absolute atomic E-state index is 13.5. The number of nitrogens with zero attached hydrogens (tertiary/aromatic N) is 2. The van der Waals surface area contributed by atoms with Gasteiger partial charge in [0.15, 0.2) is 0 Å². The van der Waals surface area contributed by atoms with Gasteiger partial charge in [-0.3, -0.25) is 9.89 Å². The van der Waals surface area contributed by atoms with Crippen LogP contribution in [0.25, 0.3) is 11.3 Å². The summed E-state index contributed by atoms with van der Waals surface area (Å²) in [5, 5.41) is 7.59. The van der Waals surface area contributed by atoms with E-state index in [1.165, 1.54) is 5.56 Å². The van der Waals surface area contributed by atoms with E-state index in [0.29, 0.717) is 12.2 Å². The molecule has 0 bridgehead atoms. The molecule has 0 radical (unpaired) electrons. The lowest BCUT2D eigenvalue weighted by Crippen LogP contribution is -2.31. The Morgan fingerprint density at radius 3 is 2.12 bits per heavy atom. The molecule has 1 amide bonds. The molecule has 0 saturated heterocycles. The number of hydrogen-bond donors (Lipinski definition) is 1. The van der Waals surface area contributed by atoms with Gasteiger partial charge in [-0.2, -0.15) is 5.10 Å². The summed E-state index contributed by atoms with van der Waals surface area (Å²) in [4.78, 5) is 15.5. The number of aromatic nitrogens is 2. The molecular formula is C28H27N3O3. The first-order chi connectivity index (χ1) is 16.6. The number of H-pyrrole nitrogens is 1. The number of amides is 1. The molecule has 1 aromatic heterocycles. The van der Waals surface area contributed by atoms with Crippen LogP contribution in [-0.2, 0) is 6.42 Å². The number of nitrogens with one attached hydrogen (secondary N) is 1. The lowest BCUT2D eigenvalue weighted by atomic mass is 9.95. The second-order valence-corrected chi connectivity index (χ2v) is 8.50. The van der Waals surface area contributed by atoms with Gasteiger partial charge >= 0.3 is 0 Å². The standard InChI is InChI=1S/C28H27N3O3/c1-18-4-8-20(9-5-18)25-24-26(30-29-25)28(32)31(17-16-19-6-12-22(33-2)13-7-19)27(24)21-10-14-23(34-3)15-11-21/h4-15,27H,16-17H2,1-3H3,(H,29,30). The number of aromatic amines is 1. The Hall–Kier alpha value is -4.06. The Morgan fingerprint density at radius 1 is 0.882 bits per heavy atom. The van der Waals surface area contributed by atoms with E-state index in [1.54, 1.807) is 14.2 Å². The first kappa shape index (κ1) is 21.8. The van der Waals surface area contributed by atoms with Gasteiger partial charge in [-0.05, 0) is 48.7 Å². The van der Waals surface area contributed by atoms with Crippen LogP contribution >= 0.6 is 0 Å². The molecule has 1 N–H and O–H groups in total. The van der Waals surface area contributed by atoms with Crippen LogP contribution in [0.1, 0.15) is 38.8 Å². The quantitative estimate of drug-likeness (QED) is 0.418. The maximum Gasteiger partial charge on any atom is 0.273 e. The minimum Gasteiger partial charge on any atom is -0.497 e. The molecule has 0 spiro atoms. The number of ether oxygens (including phenoxy) is 2. The van der Waals surface area contributed by atoms with E-state index in [9.17, 15) is 4.79 Å². The first-order valence-electron chi connectivity index (χ1n) is 11.3. The van der Waals surface area contributed by atoms with Gasteiger partial charge in [0.2, 0.25) is 0 Å². The molecule has 6 nitrogen and oxygen atoms in total. The van der Waals surface area contributed by atoms with Crippen LogP contribution in [0.2, 0.25) is 0 Å². The van der Waals surface area contributed by atoms with E-state index in [4.69, 9.17) is 9.47 Å². The van der Waals surface area contributed by atoms with Crippen LogP contribution < -0.4 is 9.47 Å². The Morgan fingerprint density at radius 2 is 1.50 bits per heavy atom. The molecule has 0 fully saturated rings. The van der Waals surface area contributed by atoms with Crippen LogP contribution in [-0.4, -0.2) is 41.8 Å². The molecule has 0 saturated carbocycles. The second kappa shape index (κ2) is 9.06. The third kappa shape index (κ3) is 3.92. The lowest BCUT2D eigenvalue weighted by molar-refractivity contribution is 0.0746. The van der Waals surface area contributed by atoms with Crippen molar-refractivity contribution < 1.29 is 14.3 Å². The zero-order chi connectivity index (χ0) is 23.7. The number of rotatable bonds is 7. The van der Waals surface area contributed by atoms with Gasteiger partial charge in [-0.25, -0.2) is 0 Å². The van der Waals surface area contributed by atoms with Crippen LogP contribution in [0, 0.1) is 6.92 Å². The summed E-state index contributed by atoms with van der Waals surface area (Å²) in [5.41, 5.74) is 6.65. The summed E-state index contributed by atoms with van der Waals surface area (Å²) in [6.07, 6.45) is 0.736. The maximum atomic E-state index is 13.5. The normalized spacial score (nSPS) is 14.9. The van der Waals surface area contributed by atoms with Crippen LogP contribution in [0.15, 0.2) is 72.8 Å². The van der Waals surface area contributed by atoms with E-state index in [2.05, 4.69) is 41.4 Å². The molecule has 5 rings (SSSR count).